The molecule has 17 aromatic rings. The highest BCUT2D eigenvalue weighted by molar-refractivity contribution is 7.02. The third-order valence-corrected chi connectivity index (χ3v) is 22.3. The van der Waals surface area contributed by atoms with Crippen LogP contribution in [0.15, 0.2) is 400 Å². The molecule has 0 unspecified atom stereocenters. The van der Waals surface area contributed by atoms with Crippen LogP contribution in [-0.2, 0) is 0 Å². The van der Waals surface area contributed by atoms with Crippen LogP contribution in [0.3, 0.4) is 0 Å². The van der Waals surface area contributed by atoms with Crippen molar-refractivity contribution in [1.82, 2.24) is 0 Å². The van der Waals surface area contributed by atoms with Gasteiger partial charge in [-0.25, -0.2) is 0 Å². The van der Waals surface area contributed by atoms with E-state index in [1.54, 1.807) is 0 Å². The van der Waals surface area contributed by atoms with E-state index in [9.17, 15) is 0 Å². The van der Waals surface area contributed by atoms with E-state index in [-0.39, 0.29) is 13.4 Å². The number of anilines is 6. The third-order valence-electron chi connectivity index (χ3n) is 22.3. The minimum atomic E-state index is -0.326. The molecule has 0 atom stereocenters. The standard InChI is InChI=1S/C102H66B2N2O2/c1-11-31-67(32-12-1)77-51-53-87-91(59-77)105(101-83(73-43-23-7-24-44-73)55-79(69-35-15-3-16-36-69)56-84(101)74-45-25-8-26-46-74)93-60-81(71-39-19-5-20-40-71)63-97-99(93)103(87)90-65-89-92(66-96(90)108-97)106(102-85(75-47-27-9-28-48-75)57-80(70-37-17-4-18-38-70)58-86(102)76-49-29-10-30-50-76)94-61-82(72-41-21-6-22-42-72)64-98-100(94)104(89)88-54-52-78(62-95(88)107-98)68-33-13-2-14-34-68/h1-66H. The molecule has 0 fully saturated rings. The number of hydrogen-bond donors (Lipinski definition) is 0. The molecule has 4 aliphatic heterocycles. The molecule has 4 aliphatic rings. The monoisotopic (exact) mass is 1370 g/mol. The molecule has 4 nitrogen and oxygen atoms in total. The summed E-state index contributed by atoms with van der Waals surface area (Å²) in [7, 11) is 0. The molecule has 17 aromatic carbocycles. The van der Waals surface area contributed by atoms with Crippen LogP contribution in [0.4, 0.5) is 34.1 Å². The van der Waals surface area contributed by atoms with Crippen molar-refractivity contribution in [3.05, 3.63) is 400 Å². The molecule has 0 bridgehead atoms. The first kappa shape index (κ1) is 62.6. The SMILES string of the molecule is c1ccc(-c2ccc3c(c2)Oc2cc(-c4ccccc4)cc4c2B3c2cc3c(cc2N4c2c(-c4ccccc4)cc(-c4ccccc4)cc2-c2ccccc2)Oc2cc(-c4ccccc4)cc4c2B3c2ccc(-c3ccccc3)cc2N4c2c(-c3ccccc3)cc(-c3ccccc3)cc2-c2ccccc2)cc1. The van der Waals surface area contributed by atoms with Gasteiger partial charge >= 0.3 is 0 Å². The van der Waals surface area contributed by atoms with Gasteiger partial charge in [-0.3, -0.25) is 0 Å². The Morgan fingerprint density at radius 2 is 0.426 bits per heavy atom. The highest BCUT2D eigenvalue weighted by Gasteiger charge is 2.49. The average Bonchev–Trinajstić information content (AvgIpc) is 0.694. The fourth-order valence-electron chi connectivity index (χ4n) is 17.4. The molecule has 0 aromatic heterocycles. The van der Waals surface area contributed by atoms with Crippen LogP contribution < -0.4 is 52.1 Å². The summed E-state index contributed by atoms with van der Waals surface area (Å²) >= 11 is 0. The Hall–Kier alpha value is -13.9. The van der Waals surface area contributed by atoms with Gasteiger partial charge in [0.2, 0.25) is 0 Å². The van der Waals surface area contributed by atoms with Crippen LogP contribution in [0.5, 0.6) is 23.0 Å². The van der Waals surface area contributed by atoms with Gasteiger partial charge in [0, 0.05) is 51.1 Å². The van der Waals surface area contributed by atoms with E-state index < -0.39 is 0 Å². The topological polar surface area (TPSA) is 24.9 Å². The molecular weight excluding hydrogens is 1310 g/mol. The van der Waals surface area contributed by atoms with E-state index >= 15 is 0 Å². The second kappa shape index (κ2) is 26.0. The van der Waals surface area contributed by atoms with E-state index in [2.05, 4.69) is 410 Å². The zero-order valence-electron chi connectivity index (χ0n) is 59.0. The predicted molar refractivity (Wildman–Crippen MR) is 453 cm³/mol. The number of fused-ring (bicyclic) bond motifs is 8. The van der Waals surface area contributed by atoms with Crippen molar-refractivity contribution < 1.29 is 9.47 Å². The Labute approximate surface area is 630 Å². The Morgan fingerprint density at radius 1 is 0.167 bits per heavy atom. The minimum Gasteiger partial charge on any atom is -0.458 e. The van der Waals surface area contributed by atoms with Crippen molar-refractivity contribution >= 4 is 80.3 Å². The van der Waals surface area contributed by atoms with Gasteiger partial charge in [0.25, 0.3) is 13.4 Å². The summed E-state index contributed by atoms with van der Waals surface area (Å²) in [5.74, 6) is 3.24. The Bertz CT molecular complexity index is 6210. The third kappa shape index (κ3) is 10.6. The fraction of sp³-hybridized carbons (Fsp3) is 0. The van der Waals surface area contributed by atoms with Crippen molar-refractivity contribution in [3.8, 4) is 134 Å². The largest absolute Gasteiger partial charge is 0.458 e. The summed E-state index contributed by atoms with van der Waals surface area (Å²) in [6, 6.07) is 147. The molecule has 0 spiro atoms. The first-order valence-corrected chi connectivity index (χ1v) is 37.2. The molecule has 0 saturated carbocycles. The first-order chi connectivity index (χ1) is 53.6. The van der Waals surface area contributed by atoms with Crippen LogP contribution in [0.25, 0.3) is 111 Å². The smallest absolute Gasteiger partial charge is 0.256 e. The summed E-state index contributed by atoms with van der Waals surface area (Å²) < 4.78 is 15.7. The lowest BCUT2D eigenvalue weighted by molar-refractivity contribution is 0.487. The zero-order valence-corrected chi connectivity index (χ0v) is 59.0. The van der Waals surface area contributed by atoms with Crippen molar-refractivity contribution in [2.24, 2.45) is 0 Å². The predicted octanol–water partition coefficient (Wildman–Crippen LogP) is 23.2. The second-order valence-electron chi connectivity index (χ2n) is 28.5. The van der Waals surface area contributed by atoms with Crippen molar-refractivity contribution in [2.75, 3.05) is 9.80 Å². The maximum absolute atomic E-state index is 8.09. The molecule has 0 N–H and O–H groups in total. The molecular formula is C102H66B2N2O2. The molecule has 4 heterocycles. The van der Waals surface area contributed by atoms with Gasteiger partial charge in [-0.1, -0.05) is 334 Å². The minimum absolute atomic E-state index is 0.305. The molecule has 0 saturated heterocycles. The molecule has 0 amide bonds. The van der Waals surface area contributed by atoms with Crippen LogP contribution in [0, 0.1) is 0 Å². The van der Waals surface area contributed by atoms with Gasteiger partial charge in [-0.2, -0.15) is 0 Å². The lowest BCUT2D eigenvalue weighted by Gasteiger charge is -2.44. The van der Waals surface area contributed by atoms with E-state index in [0.29, 0.717) is 0 Å². The highest BCUT2D eigenvalue weighted by Crippen LogP contribution is 2.55. The maximum atomic E-state index is 8.09. The molecule has 0 aliphatic carbocycles. The van der Waals surface area contributed by atoms with Gasteiger partial charge in [0.15, 0.2) is 0 Å². The van der Waals surface area contributed by atoms with E-state index in [1.807, 2.05) is 0 Å². The average molecular weight is 1370 g/mol. The quantitative estimate of drug-likeness (QED) is 0.114. The lowest BCUT2D eigenvalue weighted by atomic mass is 9.31. The number of nitrogens with zero attached hydrogens (tertiary/aromatic N) is 2. The highest BCUT2D eigenvalue weighted by atomic mass is 16.5. The van der Waals surface area contributed by atoms with Gasteiger partial charge in [0.1, 0.15) is 23.0 Å². The van der Waals surface area contributed by atoms with Gasteiger partial charge < -0.3 is 19.3 Å². The maximum Gasteiger partial charge on any atom is 0.256 e. The Kier molecular flexibility index (Phi) is 15.1. The van der Waals surface area contributed by atoms with Crippen molar-refractivity contribution in [1.29, 1.82) is 0 Å². The van der Waals surface area contributed by atoms with Crippen LogP contribution >= 0.6 is 0 Å². The summed E-state index contributed by atoms with van der Waals surface area (Å²) in [5, 5.41) is 0. The van der Waals surface area contributed by atoms with Crippen LogP contribution in [0.1, 0.15) is 0 Å². The Balaban J connectivity index is 0.889. The number of hydrogen-bond acceptors (Lipinski definition) is 4. The zero-order chi connectivity index (χ0) is 71.2. The van der Waals surface area contributed by atoms with Crippen molar-refractivity contribution in [3.63, 3.8) is 0 Å². The van der Waals surface area contributed by atoms with Gasteiger partial charge in [-0.15, -0.1) is 0 Å². The lowest BCUT2D eigenvalue weighted by Crippen LogP contribution is -2.63. The number of ether oxygens (including phenoxy) is 2. The first-order valence-electron chi connectivity index (χ1n) is 37.2. The van der Waals surface area contributed by atoms with Gasteiger partial charge in [-0.05, 0) is 182 Å². The summed E-state index contributed by atoms with van der Waals surface area (Å²) in [6.07, 6.45) is 0. The number of rotatable bonds is 12. The molecule has 502 valence electrons. The summed E-state index contributed by atoms with van der Waals surface area (Å²) in [4.78, 5) is 5.20. The normalized spacial score (nSPS) is 12.5. The van der Waals surface area contributed by atoms with Crippen molar-refractivity contribution in [2.45, 2.75) is 0 Å². The fourth-order valence-corrected chi connectivity index (χ4v) is 17.4. The van der Waals surface area contributed by atoms with E-state index in [0.717, 1.165) is 196 Å². The second-order valence-corrected chi connectivity index (χ2v) is 28.5. The summed E-state index contributed by atoms with van der Waals surface area (Å²) in [5.41, 5.74) is 35.0. The Morgan fingerprint density at radius 3 is 0.778 bits per heavy atom. The van der Waals surface area contributed by atoms with E-state index in [4.69, 9.17) is 9.47 Å². The number of benzene rings is 17. The summed E-state index contributed by atoms with van der Waals surface area (Å²) in [6.45, 7) is -0.631. The molecule has 0 radical (unpaired) electrons. The molecule has 108 heavy (non-hydrogen) atoms. The van der Waals surface area contributed by atoms with Crippen LogP contribution in [-0.4, -0.2) is 13.4 Å². The van der Waals surface area contributed by atoms with E-state index in [1.165, 1.54) is 5.46 Å². The molecule has 6 heteroatoms. The van der Waals surface area contributed by atoms with Gasteiger partial charge in [0.05, 0.1) is 11.4 Å². The van der Waals surface area contributed by atoms with Crippen LogP contribution in [0.2, 0.25) is 0 Å². The molecule has 21 rings (SSSR count).